The average Bonchev–Trinajstić information content (AvgIpc) is 2.73. The molecule has 1 aromatic carbocycles. The molecule has 1 heterocycles. The maximum Gasteiger partial charge on any atom is 0.223 e. The lowest BCUT2D eigenvalue weighted by Gasteiger charge is -2.31. The van der Waals surface area contributed by atoms with E-state index in [0.717, 1.165) is 32.2 Å². The van der Waals surface area contributed by atoms with Crippen LogP contribution in [0.3, 0.4) is 0 Å². The highest BCUT2D eigenvalue weighted by Crippen LogP contribution is 2.21. The van der Waals surface area contributed by atoms with E-state index in [-0.39, 0.29) is 17.7 Å². The number of nitrogens with zero attached hydrogens (tertiary/aromatic N) is 1. The summed E-state index contributed by atoms with van der Waals surface area (Å²) >= 11 is 0. The van der Waals surface area contributed by atoms with E-state index in [9.17, 15) is 9.59 Å². The van der Waals surface area contributed by atoms with E-state index < -0.39 is 0 Å². The minimum Gasteiger partial charge on any atom is -0.356 e. The molecule has 2 amide bonds. The lowest BCUT2D eigenvalue weighted by Crippen LogP contribution is -2.43. The van der Waals surface area contributed by atoms with E-state index in [1.54, 1.807) is 0 Å². The maximum atomic E-state index is 12.4. The summed E-state index contributed by atoms with van der Waals surface area (Å²) in [6.07, 6.45) is 11.2. The first kappa shape index (κ1) is 19.7. The van der Waals surface area contributed by atoms with Crippen molar-refractivity contribution in [2.45, 2.75) is 57.8 Å². The molecule has 0 atom stereocenters. The van der Waals surface area contributed by atoms with Gasteiger partial charge >= 0.3 is 0 Å². The van der Waals surface area contributed by atoms with Crippen LogP contribution in [0.15, 0.2) is 42.0 Å². The number of allylic oxidation sites excluding steroid dienone is 1. The Bertz CT molecular complexity index is 646. The third-order valence-corrected chi connectivity index (χ3v) is 5.82. The van der Waals surface area contributed by atoms with E-state index in [2.05, 4.69) is 23.5 Å². The molecular formula is C23H32N2O2. The SMILES string of the molecule is O=C(NCCC1=CCCCC1)C1CCN(C(=O)CCc2ccccc2)CC1. The Hall–Kier alpha value is -2.10. The van der Waals surface area contributed by atoms with Crippen molar-refractivity contribution in [2.75, 3.05) is 19.6 Å². The highest BCUT2D eigenvalue weighted by molar-refractivity contribution is 5.80. The van der Waals surface area contributed by atoms with Gasteiger partial charge in [-0.15, -0.1) is 0 Å². The van der Waals surface area contributed by atoms with Crippen molar-refractivity contribution in [3.63, 3.8) is 0 Å². The molecule has 146 valence electrons. The molecule has 1 N–H and O–H groups in total. The van der Waals surface area contributed by atoms with Gasteiger partial charge < -0.3 is 10.2 Å². The largest absolute Gasteiger partial charge is 0.356 e. The van der Waals surface area contributed by atoms with Crippen molar-refractivity contribution in [1.29, 1.82) is 0 Å². The quantitative estimate of drug-likeness (QED) is 0.743. The summed E-state index contributed by atoms with van der Waals surface area (Å²) in [5.41, 5.74) is 2.70. The summed E-state index contributed by atoms with van der Waals surface area (Å²) in [6, 6.07) is 10.1. The summed E-state index contributed by atoms with van der Waals surface area (Å²) < 4.78 is 0. The van der Waals surface area contributed by atoms with Crippen LogP contribution in [0.25, 0.3) is 0 Å². The molecule has 2 aliphatic rings. The van der Waals surface area contributed by atoms with E-state index in [1.165, 1.54) is 36.8 Å². The van der Waals surface area contributed by atoms with Crippen molar-refractivity contribution in [3.05, 3.63) is 47.5 Å². The van der Waals surface area contributed by atoms with Gasteiger partial charge in [-0.3, -0.25) is 9.59 Å². The predicted molar refractivity (Wildman–Crippen MR) is 108 cm³/mol. The molecule has 1 aliphatic carbocycles. The molecule has 0 saturated carbocycles. The van der Waals surface area contributed by atoms with Gasteiger partial charge in [-0.05, 0) is 56.9 Å². The van der Waals surface area contributed by atoms with Crippen LogP contribution in [0.1, 0.15) is 56.9 Å². The number of hydrogen-bond donors (Lipinski definition) is 1. The number of amides is 2. The molecule has 0 radical (unpaired) electrons. The van der Waals surface area contributed by atoms with Gasteiger partial charge in [-0.25, -0.2) is 0 Å². The number of aryl methyl sites for hydroxylation is 1. The van der Waals surface area contributed by atoms with Gasteiger partial charge in [0.25, 0.3) is 0 Å². The summed E-state index contributed by atoms with van der Waals surface area (Å²) in [6.45, 7) is 2.16. The lowest BCUT2D eigenvalue weighted by molar-refractivity contribution is -0.135. The number of nitrogens with one attached hydrogen (secondary N) is 1. The fourth-order valence-corrected chi connectivity index (χ4v) is 4.07. The molecule has 1 fully saturated rings. The predicted octanol–water partition coefficient (Wildman–Crippen LogP) is 3.86. The normalized spacial score (nSPS) is 18.1. The molecule has 1 aromatic rings. The fraction of sp³-hybridized carbons (Fsp3) is 0.565. The molecular weight excluding hydrogens is 336 g/mol. The van der Waals surface area contributed by atoms with Gasteiger partial charge in [-0.1, -0.05) is 42.0 Å². The standard InChI is InChI=1S/C23H32N2O2/c26-22(12-11-19-7-3-1-4-8-19)25-17-14-21(15-18-25)23(27)24-16-13-20-9-5-2-6-10-20/h1,3-4,7-9,21H,2,5-6,10-18H2,(H,24,27). The van der Waals surface area contributed by atoms with Crippen LogP contribution < -0.4 is 5.32 Å². The first-order valence-corrected chi connectivity index (χ1v) is 10.5. The average molecular weight is 369 g/mol. The second-order valence-corrected chi connectivity index (χ2v) is 7.79. The lowest BCUT2D eigenvalue weighted by atomic mass is 9.95. The Morgan fingerprint density at radius 3 is 2.52 bits per heavy atom. The van der Waals surface area contributed by atoms with Crippen LogP contribution in [0, 0.1) is 5.92 Å². The van der Waals surface area contributed by atoms with Crippen LogP contribution in [-0.2, 0) is 16.0 Å². The first-order chi connectivity index (χ1) is 13.2. The van der Waals surface area contributed by atoms with Crippen LogP contribution >= 0.6 is 0 Å². The van der Waals surface area contributed by atoms with Crippen molar-refractivity contribution in [1.82, 2.24) is 10.2 Å². The Morgan fingerprint density at radius 2 is 1.81 bits per heavy atom. The zero-order valence-electron chi connectivity index (χ0n) is 16.3. The number of rotatable bonds is 7. The molecule has 0 bridgehead atoms. The van der Waals surface area contributed by atoms with Crippen LogP contribution in [0.4, 0.5) is 0 Å². The van der Waals surface area contributed by atoms with Gasteiger partial charge in [0.2, 0.25) is 11.8 Å². The van der Waals surface area contributed by atoms with Gasteiger partial charge in [0.1, 0.15) is 0 Å². The Labute approximate surface area is 163 Å². The minimum absolute atomic E-state index is 0.0588. The van der Waals surface area contributed by atoms with Crippen molar-refractivity contribution < 1.29 is 9.59 Å². The Balaban J connectivity index is 1.33. The maximum absolute atomic E-state index is 12.4. The first-order valence-electron chi connectivity index (χ1n) is 10.5. The minimum atomic E-state index is 0.0588. The molecule has 0 aromatic heterocycles. The Kier molecular flexibility index (Phi) is 7.49. The summed E-state index contributed by atoms with van der Waals surface area (Å²) in [5.74, 6) is 0.438. The molecule has 1 saturated heterocycles. The zero-order chi connectivity index (χ0) is 18.9. The number of carbonyl (C=O) groups excluding carboxylic acids is 2. The molecule has 0 spiro atoms. The van der Waals surface area contributed by atoms with Crippen molar-refractivity contribution in [2.24, 2.45) is 5.92 Å². The topological polar surface area (TPSA) is 49.4 Å². The molecule has 27 heavy (non-hydrogen) atoms. The van der Waals surface area contributed by atoms with Gasteiger partial charge in [-0.2, -0.15) is 0 Å². The number of likely N-dealkylation sites (tertiary alicyclic amines) is 1. The van der Waals surface area contributed by atoms with Gasteiger partial charge in [0.05, 0.1) is 0 Å². The molecule has 4 heteroatoms. The van der Waals surface area contributed by atoms with Crippen LogP contribution in [-0.4, -0.2) is 36.3 Å². The molecule has 3 rings (SSSR count). The van der Waals surface area contributed by atoms with E-state index in [0.29, 0.717) is 19.5 Å². The third-order valence-electron chi connectivity index (χ3n) is 5.82. The number of piperidine rings is 1. The van der Waals surface area contributed by atoms with Crippen molar-refractivity contribution in [3.8, 4) is 0 Å². The van der Waals surface area contributed by atoms with E-state index >= 15 is 0 Å². The highest BCUT2D eigenvalue weighted by Gasteiger charge is 2.26. The Morgan fingerprint density at radius 1 is 1.04 bits per heavy atom. The van der Waals surface area contributed by atoms with Crippen molar-refractivity contribution >= 4 is 11.8 Å². The van der Waals surface area contributed by atoms with Crippen LogP contribution in [0.2, 0.25) is 0 Å². The summed E-state index contributed by atoms with van der Waals surface area (Å²) in [4.78, 5) is 26.7. The second kappa shape index (κ2) is 10.3. The number of benzene rings is 1. The van der Waals surface area contributed by atoms with Gasteiger partial charge in [0.15, 0.2) is 0 Å². The van der Waals surface area contributed by atoms with E-state index in [1.807, 2.05) is 23.1 Å². The summed E-state index contributed by atoms with van der Waals surface area (Å²) in [7, 11) is 0. The smallest absolute Gasteiger partial charge is 0.223 e. The van der Waals surface area contributed by atoms with Gasteiger partial charge in [0, 0.05) is 32.0 Å². The zero-order valence-corrected chi connectivity index (χ0v) is 16.3. The molecule has 4 nitrogen and oxygen atoms in total. The molecule has 1 aliphatic heterocycles. The number of carbonyl (C=O) groups is 2. The number of hydrogen-bond acceptors (Lipinski definition) is 2. The second-order valence-electron chi connectivity index (χ2n) is 7.79. The van der Waals surface area contributed by atoms with Crippen LogP contribution in [0.5, 0.6) is 0 Å². The third kappa shape index (κ3) is 6.23. The summed E-state index contributed by atoms with van der Waals surface area (Å²) in [5, 5.41) is 3.11. The van der Waals surface area contributed by atoms with E-state index in [4.69, 9.17) is 0 Å². The fourth-order valence-electron chi connectivity index (χ4n) is 4.07. The monoisotopic (exact) mass is 368 g/mol. The highest BCUT2D eigenvalue weighted by atomic mass is 16.2. The molecule has 0 unspecified atom stereocenters.